The van der Waals surface area contributed by atoms with E-state index < -0.39 is 17.9 Å². The number of anilines is 1. The molecule has 2 aromatic carbocycles. The van der Waals surface area contributed by atoms with E-state index in [0.717, 1.165) is 108 Å². The number of fused-ring (bicyclic) bond motifs is 4. The van der Waals surface area contributed by atoms with Crippen LogP contribution < -0.4 is 15.0 Å². The Kier molecular flexibility index (Phi) is 9.93. The largest absolute Gasteiger partial charge is 0.494 e. The van der Waals surface area contributed by atoms with Crippen LogP contribution in [0.1, 0.15) is 57.7 Å². The Hall–Kier alpha value is -6.40. The molecular weight excluding hydrogens is 717 g/mol. The van der Waals surface area contributed by atoms with Gasteiger partial charge in [-0.2, -0.15) is 0 Å². The Morgan fingerprint density at radius 1 is 0.772 bits per heavy atom. The van der Waals surface area contributed by atoms with Crippen LogP contribution >= 0.6 is 0 Å². The number of allylic oxidation sites excluding steroid dienone is 1. The number of amides is 3. The Morgan fingerprint density at radius 2 is 1.63 bits per heavy atom. The highest BCUT2D eigenvalue weighted by Gasteiger charge is 2.44. The molecule has 288 valence electrons. The summed E-state index contributed by atoms with van der Waals surface area (Å²) < 4.78 is 5.96. The number of ether oxygens (including phenoxy) is 1. The molecular formula is C45H44N8O4. The van der Waals surface area contributed by atoms with Crippen LogP contribution in [0, 0.1) is 0 Å². The van der Waals surface area contributed by atoms with Crippen LogP contribution in [0.4, 0.5) is 5.82 Å². The van der Waals surface area contributed by atoms with Crippen molar-refractivity contribution in [3.63, 3.8) is 0 Å². The molecule has 0 bridgehead atoms. The van der Waals surface area contributed by atoms with Crippen molar-refractivity contribution in [3.8, 4) is 16.9 Å². The predicted octanol–water partition coefficient (Wildman–Crippen LogP) is 6.33. The Labute approximate surface area is 330 Å². The number of aryl methyl sites for hydroxylation is 2. The number of hydrogen-bond acceptors (Lipinski definition) is 9. The summed E-state index contributed by atoms with van der Waals surface area (Å²) >= 11 is 0. The molecule has 2 saturated heterocycles. The van der Waals surface area contributed by atoms with Crippen molar-refractivity contribution in [1.29, 1.82) is 0 Å². The van der Waals surface area contributed by atoms with E-state index in [1.807, 2.05) is 30.9 Å². The maximum atomic E-state index is 13.2. The summed E-state index contributed by atoms with van der Waals surface area (Å²) in [6.45, 7) is 9.18. The third-order valence-corrected chi connectivity index (χ3v) is 11.4. The molecule has 57 heavy (non-hydrogen) atoms. The molecule has 0 spiro atoms. The first-order chi connectivity index (χ1) is 27.9. The number of pyridine rings is 3. The van der Waals surface area contributed by atoms with E-state index in [4.69, 9.17) is 14.7 Å². The van der Waals surface area contributed by atoms with Crippen molar-refractivity contribution in [2.45, 2.75) is 44.6 Å². The average molecular weight is 761 g/mol. The van der Waals surface area contributed by atoms with E-state index in [2.05, 4.69) is 74.1 Å². The van der Waals surface area contributed by atoms with Gasteiger partial charge in [0, 0.05) is 89.7 Å². The first kappa shape index (κ1) is 36.3. The van der Waals surface area contributed by atoms with E-state index in [1.165, 1.54) is 5.39 Å². The van der Waals surface area contributed by atoms with E-state index >= 15 is 0 Å². The number of piperidine rings is 1. The number of benzene rings is 2. The summed E-state index contributed by atoms with van der Waals surface area (Å²) in [5, 5.41) is 4.98. The number of nitrogens with zero attached hydrogens (tertiary/aromatic N) is 6. The molecule has 3 aliphatic rings. The highest BCUT2D eigenvalue weighted by Crippen LogP contribution is 2.32. The predicted molar refractivity (Wildman–Crippen MR) is 219 cm³/mol. The molecule has 4 aromatic heterocycles. The normalized spacial score (nSPS) is 17.4. The minimum atomic E-state index is -0.833. The van der Waals surface area contributed by atoms with Crippen LogP contribution in [0.5, 0.6) is 5.75 Å². The smallest absolute Gasteiger partial charge is 0.262 e. The topological polar surface area (TPSA) is 137 Å². The second-order valence-electron chi connectivity index (χ2n) is 15.1. The van der Waals surface area contributed by atoms with Crippen LogP contribution in [0.25, 0.3) is 32.9 Å². The molecule has 1 atom stereocenters. The number of rotatable bonds is 12. The van der Waals surface area contributed by atoms with E-state index in [0.29, 0.717) is 36.5 Å². The monoisotopic (exact) mass is 760 g/mol. The lowest BCUT2D eigenvalue weighted by Gasteiger charge is -2.35. The number of nitrogens with one attached hydrogen (secondary N) is 2. The minimum Gasteiger partial charge on any atom is -0.494 e. The average Bonchev–Trinajstić information content (AvgIpc) is 3.73. The Morgan fingerprint density at radius 3 is 2.44 bits per heavy atom. The number of piperazine rings is 1. The van der Waals surface area contributed by atoms with Gasteiger partial charge in [-0.3, -0.25) is 34.2 Å². The number of aromatic nitrogens is 4. The van der Waals surface area contributed by atoms with Crippen LogP contribution in [0.3, 0.4) is 0 Å². The molecule has 0 radical (unpaired) electrons. The molecule has 0 saturated carbocycles. The Balaban J connectivity index is 0.690. The summed E-state index contributed by atoms with van der Waals surface area (Å²) in [7, 11) is 0. The van der Waals surface area contributed by atoms with Gasteiger partial charge < -0.3 is 19.9 Å². The van der Waals surface area contributed by atoms with Gasteiger partial charge in [0.15, 0.2) is 0 Å². The zero-order chi connectivity index (χ0) is 38.9. The second kappa shape index (κ2) is 15.6. The summed E-state index contributed by atoms with van der Waals surface area (Å²) in [6.07, 6.45) is 12.1. The molecule has 2 fully saturated rings. The van der Waals surface area contributed by atoms with Gasteiger partial charge >= 0.3 is 0 Å². The van der Waals surface area contributed by atoms with Gasteiger partial charge in [-0.05, 0) is 98.7 Å². The summed E-state index contributed by atoms with van der Waals surface area (Å²) in [6, 6.07) is 21.2. The van der Waals surface area contributed by atoms with E-state index in [9.17, 15) is 14.4 Å². The molecule has 0 aliphatic carbocycles. The van der Waals surface area contributed by atoms with Crippen LogP contribution in [0.15, 0.2) is 104 Å². The summed E-state index contributed by atoms with van der Waals surface area (Å²) in [5.41, 5.74) is 7.88. The second-order valence-corrected chi connectivity index (χ2v) is 15.1. The SMILES string of the molecule is C=C1CCC(N2C(=O)c3ccc(OCCCc4ccc(N5CCN(CCCc6ccc(-c7ccc8c(c7)[nH]c7ccncc78)cn6)CC5)nc4)cc3C2=O)C(=O)N1. The molecule has 1 unspecified atom stereocenters. The zero-order valence-corrected chi connectivity index (χ0v) is 31.7. The standard InChI is InChI=1S/C45H44N8O4/c1-29-6-14-41(43(54)49-29)53-44(55)36-13-11-34(25-37(36)45(53)56)57-23-3-4-30-7-15-42(48-26-30)52-21-19-51(20-22-52)18-2-5-33-10-8-32(27-47-33)31-9-12-35-38-28-46-17-16-39(38)50-40(35)24-31/h7-13,15-17,24-28,41,50H,1-6,14,18-23H2,(H,49,54). The van der Waals surface area contributed by atoms with Crippen molar-refractivity contribution in [2.75, 3.05) is 44.2 Å². The van der Waals surface area contributed by atoms with Crippen molar-refractivity contribution >= 4 is 45.3 Å². The van der Waals surface area contributed by atoms with E-state index in [1.54, 1.807) is 18.2 Å². The third kappa shape index (κ3) is 7.48. The minimum absolute atomic E-state index is 0.268. The fourth-order valence-electron chi connectivity index (χ4n) is 8.19. The third-order valence-electron chi connectivity index (χ3n) is 11.4. The molecule has 2 N–H and O–H groups in total. The van der Waals surface area contributed by atoms with Crippen molar-refractivity contribution < 1.29 is 19.1 Å². The number of carbonyl (C=O) groups is 3. The van der Waals surface area contributed by atoms with Gasteiger partial charge in [0.1, 0.15) is 17.6 Å². The maximum Gasteiger partial charge on any atom is 0.262 e. The van der Waals surface area contributed by atoms with Gasteiger partial charge in [-0.25, -0.2) is 4.98 Å². The molecule has 3 amide bonds. The number of hydrogen-bond donors (Lipinski definition) is 2. The molecule has 12 heteroatoms. The van der Waals surface area contributed by atoms with Gasteiger partial charge in [-0.15, -0.1) is 0 Å². The fourth-order valence-corrected chi connectivity index (χ4v) is 8.19. The van der Waals surface area contributed by atoms with Crippen molar-refractivity contribution in [1.82, 2.24) is 35.1 Å². The lowest BCUT2D eigenvalue weighted by molar-refractivity contribution is -0.125. The first-order valence-electron chi connectivity index (χ1n) is 19.7. The van der Waals surface area contributed by atoms with Gasteiger partial charge in [0.2, 0.25) is 5.91 Å². The molecule has 6 aromatic rings. The maximum absolute atomic E-state index is 13.2. The van der Waals surface area contributed by atoms with Crippen LogP contribution in [-0.4, -0.2) is 92.8 Å². The lowest BCUT2D eigenvalue weighted by atomic mass is 10.0. The quantitative estimate of drug-likeness (QED) is 0.108. The zero-order valence-electron chi connectivity index (χ0n) is 31.7. The molecule has 7 heterocycles. The van der Waals surface area contributed by atoms with Crippen molar-refractivity contribution in [2.24, 2.45) is 0 Å². The van der Waals surface area contributed by atoms with Crippen LogP contribution in [-0.2, 0) is 17.6 Å². The number of imide groups is 1. The first-order valence-corrected chi connectivity index (χ1v) is 19.7. The van der Waals surface area contributed by atoms with Gasteiger partial charge in [0.25, 0.3) is 11.8 Å². The van der Waals surface area contributed by atoms with Crippen LogP contribution in [0.2, 0.25) is 0 Å². The number of aromatic amines is 1. The fraction of sp³-hybridized carbons (Fsp3) is 0.289. The van der Waals surface area contributed by atoms with Gasteiger partial charge in [0.05, 0.1) is 17.7 Å². The summed E-state index contributed by atoms with van der Waals surface area (Å²) in [4.78, 5) is 62.0. The molecule has 9 rings (SSSR count). The molecule has 3 aliphatic heterocycles. The number of carbonyl (C=O) groups excluding carboxylic acids is 3. The van der Waals surface area contributed by atoms with E-state index in [-0.39, 0.29) is 11.5 Å². The van der Waals surface area contributed by atoms with Gasteiger partial charge in [-0.1, -0.05) is 30.8 Å². The highest BCUT2D eigenvalue weighted by atomic mass is 16.5. The lowest BCUT2D eigenvalue weighted by Crippen LogP contribution is -2.51. The summed E-state index contributed by atoms with van der Waals surface area (Å²) in [5.74, 6) is 0.226. The number of H-pyrrole nitrogens is 1. The highest BCUT2D eigenvalue weighted by molar-refractivity contribution is 6.23. The molecule has 12 nitrogen and oxygen atoms in total. The Bertz CT molecular complexity index is 2490. The van der Waals surface area contributed by atoms with Crippen molar-refractivity contribution in [3.05, 3.63) is 126 Å².